The lowest BCUT2D eigenvalue weighted by Gasteiger charge is -2.35. The summed E-state index contributed by atoms with van der Waals surface area (Å²) in [7, 11) is 0. The van der Waals surface area contributed by atoms with E-state index in [0.717, 1.165) is 16.2 Å². The van der Waals surface area contributed by atoms with Crippen molar-refractivity contribution in [1.29, 1.82) is 0 Å². The molecule has 0 saturated heterocycles. The van der Waals surface area contributed by atoms with Gasteiger partial charge in [-0.3, -0.25) is 14.2 Å². The number of pyridine rings is 1. The van der Waals surface area contributed by atoms with E-state index in [-0.39, 0.29) is 30.6 Å². The van der Waals surface area contributed by atoms with E-state index in [1.165, 1.54) is 17.0 Å². The van der Waals surface area contributed by atoms with E-state index in [4.69, 9.17) is 0 Å². The minimum Gasteiger partial charge on any atom is -0.504 e. The summed E-state index contributed by atoms with van der Waals surface area (Å²) in [5.41, 5.74) is -0.0471. The highest BCUT2D eigenvalue weighted by atomic mass is 19.1. The Hall–Kier alpha value is -2.83. The Kier molecular flexibility index (Phi) is 3.55. The summed E-state index contributed by atoms with van der Waals surface area (Å²) in [6.07, 6.45) is 0. The molecule has 1 aliphatic rings. The molecule has 0 aliphatic carbocycles. The van der Waals surface area contributed by atoms with Crippen molar-refractivity contribution in [2.24, 2.45) is 0 Å². The van der Waals surface area contributed by atoms with Gasteiger partial charge in [-0.2, -0.15) is 0 Å². The Morgan fingerprint density at radius 3 is 2.52 bits per heavy atom. The first-order valence-corrected chi connectivity index (χ1v) is 7.09. The van der Waals surface area contributed by atoms with Crippen molar-refractivity contribution >= 4 is 5.91 Å². The zero-order valence-corrected chi connectivity index (χ0v) is 12.4. The molecular formula is C16H15FN2O4. The van der Waals surface area contributed by atoms with E-state index in [0.29, 0.717) is 0 Å². The largest absolute Gasteiger partial charge is 0.504 e. The second-order valence-corrected chi connectivity index (χ2v) is 5.58. The summed E-state index contributed by atoms with van der Waals surface area (Å²) in [4.78, 5) is 26.0. The Balaban J connectivity index is 2.00. The maximum absolute atomic E-state index is 13.0. The highest BCUT2D eigenvalue weighted by Crippen LogP contribution is 2.31. The van der Waals surface area contributed by atoms with Gasteiger partial charge >= 0.3 is 0 Å². The second-order valence-electron chi connectivity index (χ2n) is 5.58. The summed E-state index contributed by atoms with van der Waals surface area (Å²) >= 11 is 0. The lowest BCUT2D eigenvalue weighted by molar-refractivity contribution is 0.0582. The van der Waals surface area contributed by atoms with Crippen LogP contribution in [0.1, 0.15) is 23.0 Å². The zero-order valence-electron chi connectivity index (χ0n) is 12.4. The number of carbonyl (C=O) groups excluding carboxylic acids is 1. The molecular weight excluding hydrogens is 303 g/mol. The Bertz CT molecular complexity index is 829. The molecule has 0 spiro atoms. The van der Waals surface area contributed by atoms with Crippen molar-refractivity contribution in [3.8, 4) is 11.5 Å². The number of carbonyl (C=O) groups is 1. The molecule has 2 heterocycles. The zero-order chi connectivity index (χ0) is 16.7. The summed E-state index contributed by atoms with van der Waals surface area (Å²) < 4.78 is 14.1. The van der Waals surface area contributed by atoms with Gasteiger partial charge in [-0.1, -0.05) is 12.1 Å². The quantitative estimate of drug-likeness (QED) is 0.878. The van der Waals surface area contributed by atoms with Crippen molar-refractivity contribution in [2.75, 3.05) is 0 Å². The fourth-order valence-corrected chi connectivity index (χ4v) is 2.73. The van der Waals surface area contributed by atoms with Crippen LogP contribution in [-0.4, -0.2) is 31.6 Å². The third kappa shape index (κ3) is 2.54. The van der Waals surface area contributed by atoms with Crippen molar-refractivity contribution in [3.05, 3.63) is 57.8 Å². The molecule has 6 nitrogen and oxygen atoms in total. The first-order chi connectivity index (χ1) is 10.9. The Morgan fingerprint density at radius 1 is 1.22 bits per heavy atom. The maximum Gasteiger partial charge on any atom is 0.275 e. The standard InChI is InChI=1S/C16H15FN2O4/c1-9-7-19-13(21)6-12(20)15(22)14(19)16(23)18(9)8-10-2-4-11(17)5-3-10/h2-6,9,20,22H,7-8H2,1H3. The fraction of sp³-hybridized carbons (Fsp3) is 0.250. The number of aromatic nitrogens is 1. The summed E-state index contributed by atoms with van der Waals surface area (Å²) in [5.74, 6) is -2.15. The van der Waals surface area contributed by atoms with Gasteiger partial charge in [0.2, 0.25) is 0 Å². The third-order valence-corrected chi connectivity index (χ3v) is 3.97. The van der Waals surface area contributed by atoms with E-state index in [2.05, 4.69) is 0 Å². The van der Waals surface area contributed by atoms with Gasteiger partial charge < -0.3 is 15.1 Å². The normalized spacial score (nSPS) is 17.2. The molecule has 1 aliphatic heterocycles. The van der Waals surface area contributed by atoms with Crippen LogP contribution >= 0.6 is 0 Å². The molecule has 2 N–H and O–H groups in total. The van der Waals surface area contributed by atoms with Crippen LogP contribution in [0.25, 0.3) is 0 Å². The molecule has 120 valence electrons. The molecule has 2 aromatic rings. The SMILES string of the molecule is CC1Cn2c(c(O)c(O)cc2=O)C(=O)N1Cc1ccc(F)cc1. The second kappa shape index (κ2) is 5.42. The van der Waals surface area contributed by atoms with E-state index < -0.39 is 23.0 Å². The summed E-state index contributed by atoms with van der Waals surface area (Å²) in [6.45, 7) is 2.19. The van der Waals surface area contributed by atoms with Crippen LogP contribution in [0.2, 0.25) is 0 Å². The van der Waals surface area contributed by atoms with Crippen LogP contribution < -0.4 is 5.56 Å². The average Bonchev–Trinajstić information content (AvgIpc) is 2.50. The smallest absolute Gasteiger partial charge is 0.275 e. The molecule has 1 unspecified atom stereocenters. The van der Waals surface area contributed by atoms with Gasteiger partial charge in [0.05, 0.1) is 0 Å². The van der Waals surface area contributed by atoms with Crippen molar-refractivity contribution in [3.63, 3.8) is 0 Å². The van der Waals surface area contributed by atoms with Crippen LogP contribution in [-0.2, 0) is 13.1 Å². The number of nitrogens with zero attached hydrogens (tertiary/aromatic N) is 2. The number of hydrogen-bond donors (Lipinski definition) is 2. The minimum absolute atomic E-state index is 0.203. The maximum atomic E-state index is 13.0. The Labute approximate surface area is 131 Å². The van der Waals surface area contributed by atoms with E-state index >= 15 is 0 Å². The first-order valence-electron chi connectivity index (χ1n) is 7.09. The highest BCUT2D eigenvalue weighted by Gasteiger charge is 2.34. The van der Waals surface area contributed by atoms with Crippen molar-refractivity contribution in [1.82, 2.24) is 9.47 Å². The van der Waals surface area contributed by atoms with Gasteiger partial charge in [0.25, 0.3) is 11.5 Å². The van der Waals surface area contributed by atoms with Gasteiger partial charge in [0.15, 0.2) is 17.2 Å². The van der Waals surface area contributed by atoms with Gasteiger partial charge in [-0.25, -0.2) is 4.39 Å². The van der Waals surface area contributed by atoms with E-state index in [1.807, 2.05) is 0 Å². The minimum atomic E-state index is -0.620. The number of amides is 1. The van der Waals surface area contributed by atoms with Crippen LogP contribution in [0.5, 0.6) is 11.5 Å². The number of benzene rings is 1. The molecule has 0 fully saturated rings. The molecule has 1 amide bonds. The molecule has 0 bridgehead atoms. The molecule has 23 heavy (non-hydrogen) atoms. The van der Waals surface area contributed by atoms with E-state index in [1.54, 1.807) is 19.1 Å². The molecule has 0 radical (unpaired) electrons. The lowest BCUT2D eigenvalue weighted by Crippen LogP contribution is -2.49. The number of hydrogen-bond acceptors (Lipinski definition) is 4. The van der Waals surface area contributed by atoms with Gasteiger partial charge in [-0.15, -0.1) is 0 Å². The van der Waals surface area contributed by atoms with E-state index in [9.17, 15) is 24.2 Å². The number of aromatic hydroxyl groups is 2. The topological polar surface area (TPSA) is 82.8 Å². The number of halogens is 1. The summed E-state index contributed by atoms with van der Waals surface area (Å²) in [6, 6.07) is 6.33. The van der Waals surface area contributed by atoms with Gasteiger partial charge in [0, 0.05) is 25.2 Å². The molecule has 1 aromatic heterocycles. The fourth-order valence-electron chi connectivity index (χ4n) is 2.73. The van der Waals surface area contributed by atoms with Gasteiger partial charge in [0.1, 0.15) is 5.82 Å². The van der Waals surface area contributed by atoms with Crippen LogP contribution in [0.4, 0.5) is 4.39 Å². The van der Waals surface area contributed by atoms with Crippen LogP contribution in [0.15, 0.2) is 35.1 Å². The molecule has 1 aromatic carbocycles. The first kappa shape index (κ1) is 15.1. The summed E-state index contributed by atoms with van der Waals surface area (Å²) in [5, 5.41) is 19.5. The molecule has 3 rings (SSSR count). The van der Waals surface area contributed by atoms with Gasteiger partial charge in [-0.05, 0) is 24.6 Å². The van der Waals surface area contributed by atoms with Crippen molar-refractivity contribution in [2.45, 2.75) is 26.1 Å². The number of fused-ring (bicyclic) bond motifs is 1. The average molecular weight is 318 g/mol. The predicted molar refractivity (Wildman–Crippen MR) is 79.8 cm³/mol. The monoisotopic (exact) mass is 318 g/mol. The number of rotatable bonds is 2. The highest BCUT2D eigenvalue weighted by molar-refractivity contribution is 5.96. The molecule has 1 atom stereocenters. The predicted octanol–water partition coefficient (Wildman–Crippen LogP) is 1.44. The third-order valence-electron chi connectivity index (χ3n) is 3.97. The lowest BCUT2D eigenvalue weighted by atomic mass is 10.1. The molecule has 7 heteroatoms. The van der Waals surface area contributed by atoms with Crippen molar-refractivity contribution < 1.29 is 19.4 Å². The van der Waals surface area contributed by atoms with Crippen LogP contribution in [0, 0.1) is 5.82 Å². The van der Waals surface area contributed by atoms with Crippen LogP contribution in [0.3, 0.4) is 0 Å². The molecule has 0 saturated carbocycles. The Morgan fingerprint density at radius 2 is 1.87 bits per heavy atom.